The molecule has 2 aliphatic carbocycles. The van der Waals surface area contributed by atoms with E-state index in [2.05, 4.69) is 9.97 Å². The molecule has 0 spiro atoms. The molecular weight excluding hydrogens is 393 g/mol. The maximum atomic E-state index is 13.6. The maximum absolute atomic E-state index is 13.6. The van der Waals surface area contributed by atoms with Crippen molar-refractivity contribution in [3.05, 3.63) is 23.7 Å². The molecule has 2 aromatic rings. The summed E-state index contributed by atoms with van der Waals surface area (Å²) in [6.45, 7) is 0.0129. The van der Waals surface area contributed by atoms with Crippen molar-refractivity contribution in [1.29, 1.82) is 0 Å². The number of nitrogens with zero attached hydrogens (tertiary/aromatic N) is 4. The van der Waals surface area contributed by atoms with Crippen LogP contribution in [0.4, 0.5) is 13.2 Å². The molecule has 2 saturated carbocycles. The number of aliphatic hydroxyl groups is 1. The number of fused-ring (bicyclic) bond motifs is 1. The van der Waals surface area contributed by atoms with Crippen molar-refractivity contribution in [2.75, 3.05) is 6.61 Å². The van der Waals surface area contributed by atoms with E-state index in [1.54, 1.807) is 17.8 Å². The first-order valence-corrected chi connectivity index (χ1v) is 10.9. The van der Waals surface area contributed by atoms with Gasteiger partial charge in [-0.1, -0.05) is 12.8 Å². The SMILES string of the molecule is Cn1c(C2(C(F)(F)F)CC2)cc2ncc(C3=N[C@@H](CO)[C@H](CC4CC4)CCC3)nc21. The Morgan fingerprint density at radius 3 is 2.63 bits per heavy atom. The lowest BCUT2D eigenvalue weighted by atomic mass is 9.90. The van der Waals surface area contributed by atoms with Crippen LogP contribution in [0.5, 0.6) is 0 Å². The van der Waals surface area contributed by atoms with Crippen LogP contribution in [0.3, 0.4) is 0 Å². The highest BCUT2D eigenvalue weighted by molar-refractivity contribution is 6.00. The molecule has 3 heterocycles. The molecule has 0 unspecified atom stereocenters. The number of rotatable bonds is 5. The third kappa shape index (κ3) is 3.33. The Morgan fingerprint density at radius 1 is 1.23 bits per heavy atom. The van der Waals surface area contributed by atoms with Crippen LogP contribution in [0.2, 0.25) is 0 Å². The number of hydrogen-bond acceptors (Lipinski definition) is 4. The summed E-state index contributed by atoms with van der Waals surface area (Å²) < 4.78 is 42.4. The second-order valence-electron chi connectivity index (χ2n) is 9.29. The van der Waals surface area contributed by atoms with E-state index in [1.165, 1.54) is 18.9 Å². The van der Waals surface area contributed by atoms with Gasteiger partial charge < -0.3 is 9.67 Å². The van der Waals surface area contributed by atoms with Crippen molar-refractivity contribution in [3.63, 3.8) is 0 Å². The number of aromatic nitrogens is 3. The van der Waals surface area contributed by atoms with Gasteiger partial charge in [0.05, 0.1) is 24.6 Å². The van der Waals surface area contributed by atoms with Crippen LogP contribution in [-0.2, 0) is 12.5 Å². The topological polar surface area (TPSA) is 63.3 Å². The van der Waals surface area contributed by atoms with E-state index < -0.39 is 11.6 Å². The minimum absolute atomic E-state index is 0.0129. The molecule has 2 fully saturated rings. The van der Waals surface area contributed by atoms with E-state index >= 15 is 0 Å². The van der Waals surface area contributed by atoms with Gasteiger partial charge in [-0.05, 0) is 56.4 Å². The van der Waals surface area contributed by atoms with Crippen molar-refractivity contribution in [3.8, 4) is 0 Å². The largest absolute Gasteiger partial charge is 0.399 e. The van der Waals surface area contributed by atoms with E-state index in [4.69, 9.17) is 4.99 Å². The molecule has 0 radical (unpaired) electrons. The van der Waals surface area contributed by atoms with E-state index in [0.717, 1.165) is 37.3 Å². The summed E-state index contributed by atoms with van der Waals surface area (Å²) in [4.78, 5) is 13.9. The van der Waals surface area contributed by atoms with E-state index in [9.17, 15) is 18.3 Å². The van der Waals surface area contributed by atoms with Crippen molar-refractivity contribution in [2.24, 2.45) is 23.9 Å². The first-order chi connectivity index (χ1) is 14.3. The first-order valence-electron chi connectivity index (χ1n) is 10.9. The van der Waals surface area contributed by atoms with Gasteiger partial charge in [0.15, 0.2) is 5.65 Å². The van der Waals surface area contributed by atoms with E-state index in [-0.39, 0.29) is 31.2 Å². The molecule has 30 heavy (non-hydrogen) atoms. The normalized spacial score (nSPS) is 26.5. The Hall–Kier alpha value is -1.96. The Kier molecular flexibility index (Phi) is 4.69. The highest BCUT2D eigenvalue weighted by atomic mass is 19.4. The van der Waals surface area contributed by atoms with Gasteiger partial charge in [0.25, 0.3) is 0 Å². The second kappa shape index (κ2) is 7.04. The number of aliphatic hydroxyl groups excluding tert-OH is 1. The summed E-state index contributed by atoms with van der Waals surface area (Å²) >= 11 is 0. The van der Waals surface area contributed by atoms with Crippen molar-refractivity contribution < 1.29 is 18.3 Å². The zero-order valence-corrected chi connectivity index (χ0v) is 17.1. The molecule has 162 valence electrons. The predicted octanol–water partition coefficient (Wildman–Crippen LogP) is 4.31. The van der Waals surface area contributed by atoms with Crippen molar-refractivity contribution in [2.45, 2.75) is 69.0 Å². The summed E-state index contributed by atoms with van der Waals surface area (Å²) in [6.07, 6.45) is 4.01. The Morgan fingerprint density at radius 2 is 2.00 bits per heavy atom. The third-order valence-electron chi connectivity index (χ3n) is 7.19. The average Bonchev–Trinajstić information content (AvgIpc) is 3.61. The molecule has 1 aliphatic heterocycles. The van der Waals surface area contributed by atoms with Crippen LogP contribution in [-0.4, -0.2) is 44.2 Å². The second-order valence-corrected chi connectivity index (χ2v) is 9.29. The van der Waals surface area contributed by atoms with Crippen LogP contribution in [0.1, 0.15) is 62.8 Å². The monoisotopic (exact) mass is 420 g/mol. The standard InChI is InChI=1S/C22H27F3N4O/c1-29-19(21(7-8-21)22(23,24)25)10-16-20(29)28-17(11-26-16)15-4-2-3-14(9-13-5-6-13)18(12-30)27-15/h10-11,13-14,18,30H,2-9,12H2,1H3/t14-,18-/m0/s1. The van der Waals surface area contributed by atoms with Crippen molar-refractivity contribution in [1.82, 2.24) is 14.5 Å². The molecule has 8 heteroatoms. The lowest BCUT2D eigenvalue weighted by Gasteiger charge is -2.20. The molecule has 1 N–H and O–H groups in total. The third-order valence-corrected chi connectivity index (χ3v) is 7.19. The molecule has 0 amide bonds. The van der Waals surface area contributed by atoms with Crippen LogP contribution in [0.25, 0.3) is 11.2 Å². The summed E-state index contributed by atoms with van der Waals surface area (Å²) in [5, 5.41) is 9.92. The minimum atomic E-state index is -4.27. The Bertz CT molecular complexity index is 988. The Labute approximate surface area is 173 Å². The molecule has 2 atom stereocenters. The smallest absolute Gasteiger partial charge is 0.394 e. The summed E-state index contributed by atoms with van der Waals surface area (Å²) in [5.74, 6) is 1.17. The molecule has 5 rings (SSSR count). The fraction of sp³-hybridized carbons (Fsp3) is 0.682. The molecule has 5 nitrogen and oxygen atoms in total. The maximum Gasteiger partial charge on any atom is 0.399 e. The highest BCUT2D eigenvalue weighted by Crippen LogP contribution is 2.59. The summed E-state index contributed by atoms with van der Waals surface area (Å²) in [5.41, 5.74) is 0.829. The van der Waals surface area contributed by atoms with Crippen LogP contribution in [0.15, 0.2) is 17.3 Å². The molecule has 0 aromatic carbocycles. The summed E-state index contributed by atoms with van der Waals surface area (Å²) in [7, 11) is 1.64. The molecule has 0 saturated heterocycles. The van der Waals surface area contributed by atoms with Gasteiger partial charge in [0.2, 0.25) is 0 Å². The number of alkyl halides is 3. The number of aryl methyl sites for hydroxylation is 1. The van der Waals surface area contributed by atoms with Gasteiger partial charge in [0, 0.05) is 12.7 Å². The molecular formula is C22H27F3N4O. The fourth-order valence-corrected chi connectivity index (χ4v) is 5.02. The number of hydrogen-bond donors (Lipinski definition) is 1. The van der Waals surface area contributed by atoms with Crippen LogP contribution in [0, 0.1) is 11.8 Å². The van der Waals surface area contributed by atoms with Crippen LogP contribution >= 0.6 is 0 Å². The van der Waals surface area contributed by atoms with Gasteiger partial charge in [-0.2, -0.15) is 13.2 Å². The highest BCUT2D eigenvalue weighted by Gasteiger charge is 2.65. The minimum Gasteiger partial charge on any atom is -0.394 e. The quantitative estimate of drug-likeness (QED) is 0.784. The Balaban J connectivity index is 1.49. The van der Waals surface area contributed by atoms with E-state index in [0.29, 0.717) is 22.8 Å². The van der Waals surface area contributed by atoms with Crippen molar-refractivity contribution >= 4 is 16.9 Å². The van der Waals surface area contributed by atoms with Gasteiger partial charge >= 0.3 is 6.18 Å². The first kappa shape index (κ1) is 20.0. The van der Waals surface area contributed by atoms with Gasteiger partial charge in [-0.15, -0.1) is 0 Å². The van der Waals surface area contributed by atoms with Gasteiger partial charge in [0.1, 0.15) is 16.6 Å². The lowest BCUT2D eigenvalue weighted by molar-refractivity contribution is -0.162. The molecule has 3 aliphatic rings. The van der Waals surface area contributed by atoms with E-state index in [1.807, 2.05) is 0 Å². The van der Waals surface area contributed by atoms with Crippen LogP contribution < -0.4 is 0 Å². The fourth-order valence-electron chi connectivity index (χ4n) is 5.02. The average molecular weight is 420 g/mol. The number of aliphatic imine (C=N–C) groups is 1. The molecule has 0 bridgehead atoms. The number of halogens is 3. The zero-order valence-electron chi connectivity index (χ0n) is 17.1. The van der Waals surface area contributed by atoms with Gasteiger partial charge in [-0.3, -0.25) is 9.98 Å². The van der Waals surface area contributed by atoms with Gasteiger partial charge in [-0.25, -0.2) is 4.98 Å². The zero-order chi connectivity index (χ0) is 21.1. The lowest BCUT2D eigenvalue weighted by Crippen LogP contribution is -2.30. The predicted molar refractivity (Wildman–Crippen MR) is 108 cm³/mol. The summed E-state index contributed by atoms with van der Waals surface area (Å²) in [6, 6.07) is 1.40. The molecule has 2 aromatic heterocycles.